The van der Waals surface area contributed by atoms with Crippen molar-refractivity contribution >= 4 is 5.91 Å². The van der Waals surface area contributed by atoms with E-state index in [1.54, 1.807) is 25.1 Å². The van der Waals surface area contributed by atoms with E-state index in [4.69, 9.17) is 4.74 Å². The van der Waals surface area contributed by atoms with Crippen molar-refractivity contribution in [3.8, 4) is 5.75 Å². The van der Waals surface area contributed by atoms with E-state index in [0.717, 1.165) is 37.0 Å². The van der Waals surface area contributed by atoms with Crippen molar-refractivity contribution in [1.82, 2.24) is 5.32 Å². The summed E-state index contributed by atoms with van der Waals surface area (Å²) in [6, 6.07) is 6.23. The van der Waals surface area contributed by atoms with E-state index in [1.807, 2.05) is 0 Å². The predicted octanol–water partition coefficient (Wildman–Crippen LogP) is 3.68. The molecule has 1 aromatic rings. The maximum Gasteiger partial charge on any atom is 0.261 e. The van der Waals surface area contributed by atoms with Gasteiger partial charge in [0.1, 0.15) is 0 Å². The zero-order valence-corrected chi connectivity index (χ0v) is 13.6. The van der Waals surface area contributed by atoms with E-state index < -0.39 is 11.9 Å². The van der Waals surface area contributed by atoms with Crippen LogP contribution in [0.1, 0.15) is 45.4 Å². The fourth-order valence-corrected chi connectivity index (χ4v) is 5.41. The summed E-state index contributed by atoms with van der Waals surface area (Å²) in [6.07, 6.45) is 6.68. The van der Waals surface area contributed by atoms with Crippen LogP contribution in [0.15, 0.2) is 24.3 Å². The minimum absolute atomic E-state index is 0.0291. The first-order valence-electron chi connectivity index (χ1n) is 8.76. The van der Waals surface area contributed by atoms with Gasteiger partial charge in [-0.15, -0.1) is 0 Å². The highest BCUT2D eigenvalue weighted by Crippen LogP contribution is 2.55. The molecule has 0 aromatic heterocycles. The van der Waals surface area contributed by atoms with Crippen LogP contribution in [0, 0.1) is 23.6 Å². The predicted molar refractivity (Wildman–Crippen MR) is 85.5 cm³/mol. The Labute approximate surface area is 136 Å². The van der Waals surface area contributed by atoms with Crippen molar-refractivity contribution in [2.24, 2.45) is 17.8 Å². The Morgan fingerprint density at radius 1 is 1.17 bits per heavy atom. The lowest BCUT2D eigenvalue weighted by Crippen LogP contribution is -2.61. The summed E-state index contributed by atoms with van der Waals surface area (Å²) in [7, 11) is 0. The first kappa shape index (κ1) is 15.0. The highest BCUT2D eigenvalue weighted by Gasteiger charge is 2.51. The van der Waals surface area contributed by atoms with E-state index in [0.29, 0.717) is 0 Å². The molecule has 1 atom stereocenters. The Morgan fingerprint density at radius 3 is 2.30 bits per heavy atom. The molecule has 3 nitrogen and oxygen atoms in total. The summed E-state index contributed by atoms with van der Waals surface area (Å²) >= 11 is 0. The Bertz CT molecular complexity index is 580. The zero-order chi connectivity index (χ0) is 16.0. The first-order valence-corrected chi connectivity index (χ1v) is 8.76. The molecule has 124 valence electrons. The minimum Gasteiger partial charge on any atom is -0.478 e. The van der Waals surface area contributed by atoms with Crippen molar-refractivity contribution in [2.45, 2.75) is 57.1 Å². The van der Waals surface area contributed by atoms with Crippen LogP contribution in [0.2, 0.25) is 0 Å². The molecule has 0 radical (unpaired) electrons. The summed E-state index contributed by atoms with van der Waals surface area (Å²) in [5, 5.41) is 3.28. The molecule has 4 saturated carbocycles. The molecule has 4 aliphatic carbocycles. The van der Waals surface area contributed by atoms with Crippen LogP contribution in [0.25, 0.3) is 0 Å². The van der Waals surface area contributed by atoms with Gasteiger partial charge in [-0.1, -0.05) is 12.1 Å². The molecule has 23 heavy (non-hydrogen) atoms. The molecule has 1 amide bonds. The van der Waals surface area contributed by atoms with E-state index in [9.17, 15) is 9.18 Å². The van der Waals surface area contributed by atoms with Crippen molar-refractivity contribution in [3.63, 3.8) is 0 Å². The number of carbonyl (C=O) groups is 1. The van der Waals surface area contributed by atoms with E-state index in [1.165, 1.54) is 25.3 Å². The van der Waals surface area contributed by atoms with Crippen LogP contribution in [0.4, 0.5) is 4.39 Å². The first-order chi connectivity index (χ1) is 11.0. The molecule has 0 unspecified atom stereocenters. The fourth-order valence-electron chi connectivity index (χ4n) is 5.41. The van der Waals surface area contributed by atoms with Crippen LogP contribution < -0.4 is 10.1 Å². The quantitative estimate of drug-likeness (QED) is 0.920. The summed E-state index contributed by atoms with van der Waals surface area (Å²) in [4.78, 5) is 12.6. The van der Waals surface area contributed by atoms with Gasteiger partial charge >= 0.3 is 0 Å². The number of rotatable bonds is 4. The third-order valence-electron chi connectivity index (χ3n) is 5.94. The third kappa shape index (κ3) is 2.84. The number of para-hydroxylation sites is 1. The maximum absolute atomic E-state index is 13.7. The van der Waals surface area contributed by atoms with Crippen LogP contribution >= 0.6 is 0 Å². The molecule has 4 bridgehead atoms. The summed E-state index contributed by atoms with van der Waals surface area (Å²) in [6.45, 7) is 1.70. The second kappa shape index (κ2) is 5.50. The number of amides is 1. The van der Waals surface area contributed by atoms with Gasteiger partial charge < -0.3 is 10.1 Å². The Hall–Kier alpha value is -1.58. The summed E-state index contributed by atoms with van der Waals surface area (Å²) < 4.78 is 19.2. The van der Waals surface area contributed by atoms with Gasteiger partial charge in [-0.25, -0.2) is 4.39 Å². The molecule has 1 N–H and O–H groups in total. The Balaban J connectivity index is 1.42. The van der Waals surface area contributed by atoms with Gasteiger partial charge in [0, 0.05) is 5.54 Å². The molecular weight excluding hydrogens is 293 g/mol. The van der Waals surface area contributed by atoms with Crippen LogP contribution in [0.3, 0.4) is 0 Å². The lowest BCUT2D eigenvalue weighted by Gasteiger charge is -2.57. The zero-order valence-electron chi connectivity index (χ0n) is 13.6. The smallest absolute Gasteiger partial charge is 0.261 e. The van der Waals surface area contributed by atoms with Crippen LogP contribution in [0.5, 0.6) is 5.75 Å². The number of ether oxygens (including phenoxy) is 1. The third-order valence-corrected chi connectivity index (χ3v) is 5.94. The lowest BCUT2D eigenvalue weighted by atomic mass is 9.53. The number of carbonyl (C=O) groups excluding carboxylic acids is 1. The molecule has 0 spiro atoms. The summed E-state index contributed by atoms with van der Waals surface area (Å²) in [5.74, 6) is 1.94. The Kier molecular flexibility index (Phi) is 3.58. The minimum atomic E-state index is -0.681. The number of benzene rings is 1. The largest absolute Gasteiger partial charge is 0.478 e. The second-order valence-corrected chi connectivity index (χ2v) is 7.88. The second-order valence-electron chi connectivity index (χ2n) is 7.88. The maximum atomic E-state index is 13.7. The molecular formula is C19H24FNO2. The van der Waals surface area contributed by atoms with Gasteiger partial charge in [0.25, 0.3) is 5.91 Å². The molecule has 0 aliphatic heterocycles. The number of nitrogens with one attached hydrogen (secondary N) is 1. The number of halogens is 1. The van der Waals surface area contributed by atoms with Gasteiger partial charge in [0.05, 0.1) is 0 Å². The molecule has 0 heterocycles. The topological polar surface area (TPSA) is 38.3 Å². The van der Waals surface area contributed by atoms with Gasteiger partial charge in [-0.2, -0.15) is 0 Å². The van der Waals surface area contributed by atoms with Gasteiger partial charge in [0.2, 0.25) is 0 Å². The van der Waals surface area contributed by atoms with Crippen molar-refractivity contribution in [2.75, 3.05) is 0 Å². The molecule has 0 saturated heterocycles. The Morgan fingerprint density at radius 2 is 1.74 bits per heavy atom. The van der Waals surface area contributed by atoms with Crippen molar-refractivity contribution < 1.29 is 13.9 Å². The highest BCUT2D eigenvalue weighted by atomic mass is 19.1. The molecule has 5 rings (SSSR count). The van der Waals surface area contributed by atoms with Crippen LogP contribution in [-0.2, 0) is 4.79 Å². The SMILES string of the molecule is C[C@@H](Oc1ccccc1F)C(=O)NC12CC3CC(CC(C3)C1)C2. The van der Waals surface area contributed by atoms with Crippen LogP contribution in [-0.4, -0.2) is 17.6 Å². The van der Waals surface area contributed by atoms with Gasteiger partial charge in [0.15, 0.2) is 17.7 Å². The van der Waals surface area contributed by atoms with E-state index in [2.05, 4.69) is 5.32 Å². The van der Waals surface area contributed by atoms with E-state index in [-0.39, 0.29) is 17.2 Å². The molecule has 4 aliphatic rings. The number of hydrogen-bond donors (Lipinski definition) is 1. The van der Waals surface area contributed by atoms with Gasteiger partial charge in [-0.05, 0) is 75.3 Å². The average Bonchev–Trinajstić information content (AvgIpc) is 2.47. The summed E-state index contributed by atoms with van der Waals surface area (Å²) in [5.41, 5.74) is -0.0291. The van der Waals surface area contributed by atoms with Gasteiger partial charge in [-0.3, -0.25) is 4.79 Å². The molecule has 1 aromatic carbocycles. The molecule has 4 heteroatoms. The van der Waals surface area contributed by atoms with Crippen molar-refractivity contribution in [3.05, 3.63) is 30.1 Å². The highest BCUT2D eigenvalue weighted by molar-refractivity contribution is 5.81. The molecule has 4 fully saturated rings. The normalized spacial score (nSPS) is 35.8. The van der Waals surface area contributed by atoms with E-state index >= 15 is 0 Å². The fraction of sp³-hybridized carbons (Fsp3) is 0.632. The standard InChI is InChI=1S/C19H24FNO2/c1-12(23-17-5-3-2-4-16(17)20)18(22)21-19-9-13-6-14(10-19)8-15(7-13)11-19/h2-5,12-15H,6-11H2,1H3,(H,21,22)/t12-,13?,14?,15?,19?/m1/s1. The average molecular weight is 317 g/mol. The lowest BCUT2D eigenvalue weighted by molar-refractivity contribution is -0.133. The van der Waals surface area contributed by atoms with Crippen molar-refractivity contribution in [1.29, 1.82) is 0 Å². The number of hydrogen-bond acceptors (Lipinski definition) is 2. The monoisotopic (exact) mass is 317 g/mol.